The van der Waals surface area contributed by atoms with E-state index in [1.807, 2.05) is 0 Å². The van der Waals surface area contributed by atoms with Crippen molar-refractivity contribution in [2.75, 3.05) is 0 Å². The molecule has 0 radical (unpaired) electrons. The predicted octanol–water partition coefficient (Wildman–Crippen LogP) is 3.48. The Balaban J connectivity index is 2.42. The highest BCUT2D eigenvalue weighted by Gasteiger charge is 2.13. The van der Waals surface area contributed by atoms with Crippen LogP contribution in [0.3, 0.4) is 0 Å². The van der Waals surface area contributed by atoms with Crippen LogP contribution in [0.5, 0.6) is 0 Å². The topological polar surface area (TPSA) is 38.9 Å². The lowest BCUT2D eigenvalue weighted by Gasteiger charge is -1.98. The first kappa shape index (κ1) is 11.1. The van der Waals surface area contributed by atoms with Crippen molar-refractivity contribution in [2.24, 2.45) is 0 Å². The minimum atomic E-state index is -0.351. The van der Waals surface area contributed by atoms with Crippen LogP contribution in [-0.2, 0) is 0 Å². The lowest BCUT2D eigenvalue weighted by Crippen LogP contribution is -1.83. The molecule has 0 amide bonds. The zero-order valence-electron chi connectivity index (χ0n) is 8.87. The van der Waals surface area contributed by atoms with E-state index in [0.29, 0.717) is 11.5 Å². The van der Waals surface area contributed by atoms with Gasteiger partial charge in [-0.2, -0.15) is 0 Å². The summed E-state index contributed by atoms with van der Waals surface area (Å²) in [4.78, 5) is 0. The SMILES string of the molecule is Cc1cc(F)cc(-c2nnc(C(C)Cl)o2)c1. The number of aromatic nitrogens is 2. The molecule has 0 spiro atoms. The molecular formula is C11H10ClFN2O. The number of rotatable bonds is 2. The highest BCUT2D eigenvalue weighted by molar-refractivity contribution is 6.20. The van der Waals surface area contributed by atoms with E-state index in [-0.39, 0.29) is 17.1 Å². The van der Waals surface area contributed by atoms with Crippen molar-refractivity contribution in [3.05, 3.63) is 35.5 Å². The molecule has 1 unspecified atom stereocenters. The summed E-state index contributed by atoms with van der Waals surface area (Å²) in [7, 11) is 0. The predicted molar refractivity (Wildman–Crippen MR) is 58.7 cm³/mol. The molecule has 2 aromatic rings. The summed E-state index contributed by atoms with van der Waals surface area (Å²) < 4.78 is 18.5. The van der Waals surface area contributed by atoms with Gasteiger partial charge in [-0.3, -0.25) is 0 Å². The molecule has 1 aromatic carbocycles. The van der Waals surface area contributed by atoms with Crippen LogP contribution in [0.2, 0.25) is 0 Å². The molecule has 5 heteroatoms. The van der Waals surface area contributed by atoms with Gasteiger partial charge < -0.3 is 4.42 Å². The second kappa shape index (κ2) is 4.22. The normalized spacial score (nSPS) is 12.8. The van der Waals surface area contributed by atoms with Crippen molar-refractivity contribution in [2.45, 2.75) is 19.2 Å². The maximum atomic E-state index is 13.2. The van der Waals surface area contributed by atoms with Crippen LogP contribution in [-0.4, -0.2) is 10.2 Å². The molecule has 2 rings (SSSR count). The lowest BCUT2D eigenvalue weighted by molar-refractivity contribution is 0.506. The molecule has 0 aliphatic heterocycles. The molecule has 0 saturated heterocycles. The highest BCUT2D eigenvalue weighted by Crippen LogP contribution is 2.24. The van der Waals surface area contributed by atoms with Gasteiger partial charge in [-0.15, -0.1) is 21.8 Å². The Labute approximate surface area is 97.3 Å². The third-order valence-electron chi connectivity index (χ3n) is 2.07. The molecule has 3 nitrogen and oxygen atoms in total. The van der Waals surface area contributed by atoms with Crippen LogP contribution >= 0.6 is 11.6 Å². The molecule has 0 saturated carbocycles. The van der Waals surface area contributed by atoms with Gasteiger partial charge in [-0.25, -0.2) is 4.39 Å². The Morgan fingerprint density at radius 3 is 2.62 bits per heavy atom. The molecule has 1 atom stereocenters. The minimum absolute atomic E-state index is 0.283. The maximum Gasteiger partial charge on any atom is 0.247 e. The van der Waals surface area contributed by atoms with E-state index >= 15 is 0 Å². The third kappa shape index (κ3) is 2.22. The van der Waals surface area contributed by atoms with E-state index in [9.17, 15) is 4.39 Å². The van der Waals surface area contributed by atoms with Gasteiger partial charge in [0.1, 0.15) is 11.2 Å². The van der Waals surface area contributed by atoms with Gasteiger partial charge in [-0.1, -0.05) is 0 Å². The molecule has 0 fully saturated rings. The summed E-state index contributed by atoms with van der Waals surface area (Å²) in [6.45, 7) is 3.53. The van der Waals surface area contributed by atoms with E-state index in [4.69, 9.17) is 16.0 Å². The maximum absolute atomic E-state index is 13.2. The van der Waals surface area contributed by atoms with E-state index < -0.39 is 0 Å². The molecule has 1 heterocycles. The van der Waals surface area contributed by atoms with Crippen molar-refractivity contribution in [1.29, 1.82) is 0 Å². The second-order valence-electron chi connectivity index (χ2n) is 3.58. The monoisotopic (exact) mass is 240 g/mol. The fourth-order valence-electron chi connectivity index (χ4n) is 1.37. The third-order valence-corrected chi connectivity index (χ3v) is 2.26. The van der Waals surface area contributed by atoms with E-state index in [1.54, 1.807) is 19.9 Å². The number of halogens is 2. The summed E-state index contributed by atoms with van der Waals surface area (Å²) in [5.41, 5.74) is 1.36. The minimum Gasteiger partial charge on any atom is -0.419 e. The van der Waals surface area contributed by atoms with Crippen LogP contribution in [0.4, 0.5) is 4.39 Å². The van der Waals surface area contributed by atoms with Crippen LogP contribution in [0.1, 0.15) is 23.8 Å². The van der Waals surface area contributed by atoms with Gasteiger partial charge in [0, 0.05) is 5.56 Å². The molecular weight excluding hydrogens is 231 g/mol. The first-order valence-corrected chi connectivity index (χ1v) is 5.25. The molecule has 0 aliphatic carbocycles. The van der Waals surface area contributed by atoms with Gasteiger partial charge in [0.2, 0.25) is 11.8 Å². The summed E-state index contributed by atoms with van der Waals surface area (Å²) in [6.07, 6.45) is 0. The molecule has 16 heavy (non-hydrogen) atoms. The second-order valence-corrected chi connectivity index (χ2v) is 4.23. The summed E-state index contributed by atoms with van der Waals surface area (Å²) in [5, 5.41) is 7.25. The van der Waals surface area contributed by atoms with Crippen LogP contribution in [0, 0.1) is 12.7 Å². The zero-order chi connectivity index (χ0) is 11.7. The fourth-order valence-corrected chi connectivity index (χ4v) is 1.46. The van der Waals surface area contributed by atoms with Crippen molar-refractivity contribution < 1.29 is 8.81 Å². The van der Waals surface area contributed by atoms with Gasteiger partial charge >= 0.3 is 0 Å². The number of nitrogens with zero attached hydrogens (tertiary/aromatic N) is 2. The van der Waals surface area contributed by atoms with Gasteiger partial charge in [0.15, 0.2) is 0 Å². The first-order chi connectivity index (χ1) is 7.56. The Morgan fingerprint density at radius 1 is 1.31 bits per heavy atom. The van der Waals surface area contributed by atoms with Gasteiger partial charge in [0.05, 0.1) is 0 Å². The Kier molecular flexibility index (Phi) is 2.92. The van der Waals surface area contributed by atoms with Crippen molar-refractivity contribution in [3.63, 3.8) is 0 Å². The average Bonchev–Trinajstić information content (AvgIpc) is 2.64. The van der Waals surface area contributed by atoms with Crippen molar-refractivity contribution in [1.82, 2.24) is 10.2 Å². The largest absolute Gasteiger partial charge is 0.419 e. The summed E-state index contributed by atoms with van der Waals surface area (Å²) >= 11 is 5.80. The van der Waals surface area contributed by atoms with Gasteiger partial charge in [-0.05, 0) is 37.6 Å². The fraction of sp³-hybridized carbons (Fsp3) is 0.273. The van der Waals surface area contributed by atoms with Crippen LogP contribution in [0.25, 0.3) is 11.5 Å². The van der Waals surface area contributed by atoms with Crippen molar-refractivity contribution >= 4 is 11.6 Å². The van der Waals surface area contributed by atoms with Crippen LogP contribution < -0.4 is 0 Å². The zero-order valence-corrected chi connectivity index (χ0v) is 9.62. The molecule has 0 bridgehead atoms. The quantitative estimate of drug-likeness (QED) is 0.755. The Hall–Kier alpha value is -1.42. The van der Waals surface area contributed by atoms with E-state index in [1.165, 1.54) is 12.1 Å². The number of hydrogen-bond donors (Lipinski definition) is 0. The highest BCUT2D eigenvalue weighted by atomic mass is 35.5. The standard InChI is InChI=1S/C11H10ClFN2O/c1-6-3-8(5-9(13)4-6)11-15-14-10(16-11)7(2)12/h3-5,7H,1-2H3. The Morgan fingerprint density at radius 2 is 2.06 bits per heavy atom. The number of hydrogen-bond acceptors (Lipinski definition) is 3. The first-order valence-electron chi connectivity index (χ1n) is 4.81. The lowest BCUT2D eigenvalue weighted by atomic mass is 10.1. The van der Waals surface area contributed by atoms with E-state index in [2.05, 4.69) is 10.2 Å². The van der Waals surface area contributed by atoms with E-state index in [0.717, 1.165) is 5.56 Å². The number of benzene rings is 1. The molecule has 0 N–H and O–H groups in total. The molecule has 0 aliphatic rings. The van der Waals surface area contributed by atoms with Crippen LogP contribution in [0.15, 0.2) is 22.6 Å². The molecule has 1 aromatic heterocycles. The van der Waals surface area contributed by atoms with Crippen molar-refractivity contribution in [3.8, 4) is 11.5 Å². The Bertz CT molecular complexity index is 490. The summed E-state index contributed by atoms with van der Waals surface area (Å²) in [6, 6.07) is 4.56. The summed E-state index contributed by atoms with van der Waals surface area (Å²) in [5.74, 6) is 0.289. The number of alkyl halides is 1. The molecule has 84 valence electrons. The smallest absolute Gasteiger partial charge is 0.247 e. The average molecular weight is 241 g/mol. The number of aryl methyl sites for hydroxylation is 1. The van der Waals surface area contributed by atoms with Gasteiger partial charge in [0.25, 0.3) is 0 Å².